The number of halogens is 3. The smallest absolute Gasteiger partial charge is 0.353 e. The van der Waals surface area contributed by atoms with Crippen molar-refractivity contribution in [3.63, 3.8) is 0 Å². The summed E-state index contributed by atoms with van der Waals surface area (Å²) in [5.41, 5.74) is 0. The largest absolute Gasteiger partial charge is 0.393 e. The van der Waals surface area contributed by atoms with Crippen LogP contribution in [0.15, 0.2) is 0 Å². The first kappa shape index (κ1) is 15.3. The Labute approximate surface area is 106 Å². The Balaban J connectivity index is 2.44. The van der Waals surface area contributed by atoms with Crippen molar-refractivity contribution in [1.29, 1.82) is 0 Å². The van der Waals surface area contributed by atoms with E-state index in [1.165, 1.54) is 0 Å². The van der Waals surface area contributed by atoms with Crippen molar-refractivity contribution in [3.05, 3.63) is 0 Å². The molecule has 0 saturated heterocycles. The van der Waals surface area contributed by atoms with Crippen molar-refractivity contribution in [1.82, 2.24) is 10.6 Å². The molecule has 1 fully saturated rings. The molecular weight excluding hydrogens is 245 g/mol. The molecule has 0 radical (unpaired) electrons. The van der Waals surface area contributed by atoms with Gasteiger partial charge in [-0.25, -0.2) is 0 Å². The van der Waals surface area contributed by atoms with Crippen molar-refractivity contribution in [2.45, 2.75) is 50.7 Å². The lowest BCUT2D eigenvalue weighted by molar-refractivity contribution is -0.189. The molecule has 0 bridgehead atoms. The second-order valence-corrected chi connectivity index (χ2v) is 4.81. The molecule has 1 saturated carbocycles. The molecule has 2 atom stereocenters. The lowest BCUT2D eigenvalue weighted by atomic mass is 9.84. The summed E-state index contributed by atoms with van der Waals surface area (Å²) < 4.78 is 38.4. The van der Waals surface area contributed by atoms with E-state index in [4.69, 9.17) is 0 Å². The molecule has 2 unspecified atom stereocenters. The minimum absolute atomic E-state index is 0.130. The maximum absolute atomic E-state index is 12.8. The summed E-state index contributed by atoms with van der Waals surface area (Å²) in [6, 6.07) is -0.735. The molecule has 0 heterocycles. The Bertz CT molecular complexity index is 269. The van der Waals surface area contributed by atoms with Crippen LogP contribution in [-0.4, -0.2) is 31.7 Å². The molecule has 0 aliphatic heterocycles. The van der Waals surface area contributed by atoms with Gasteiger partial charge in [0.2, 0.25) is 5.91 Å². The summed E-state index contributed by atoms with van der Waals surface area (Å²) in [4.78, 5) is 11.6. The summed E-state index contributed by atoms with van der Waals surface area (Å²) in [7, 11) is 1.78. The van der Waals surface area contributed by atoms with Crippen LogP contribution in [0.4, 0.5) is 13.2 Å². The highest BCUT2D eigenvalue weighted by atomic mass is 19.4. The van der Waals surface area contributed by atoms with Crippen molar-refractivity contribution < 1.29 is 18.0 Å². The van der Waals surface area contributed by atoms with Crippen LogP contribution in [0, 0.1) is 5.92 Å². The molecule has 1 aliphatic carbocycles. The predicted octanol–water partition coefficient (Wildman–Crippen LogP) is 2.22. The van der Waals surface area contributed by atoms with Crippen LogP contribution in [0.25, 0.3) is 0 Å². The quantitative estimate of drug-likeness (QED) is 0.749. The van der Waals surface area contributed by atoms with E-state index in [1.807, 2.05) is 0 Å². The number of hydrogen-bond acceptors (Lipinski definition) is 2. The summed E-state index contributed by atoms with van der Waals surface area (Å²) in [6.45, 7) is 0.695. The number of amides is 1. The van der Waals surface area contributed by atoms with Gasteiger partial charge < -0.3 is 10.6 Å². The second kappa shape index (κ2) is 6.97. The fourth-order valence-corrected chi connectivity index (χ4v) is 2.40. The van der Waals surface area contributed by atoms with E-state index in [0.717, 1.165) is 6.42 Å². The van der Waals surface area contributed by atoms with Gasteiger partial charge >= 0.3 is 6.18 Å². The number of alkyl halides is 3. The van der Waals surface area contributed by atoms with Gasteiger partial charge in [-0.3, -0.25) is 4.79 Å². The first-order chi connectivity index (χ1) is 8.45. The Kier molecular flexibility index (Phi) is 5.91. The minimum atomic E-state index is -4.21. The summed E-state index contributed by atoms with van der Waals surface area (Å²) in [5.74, 6) is -1.65. The zero-order valence-corrected chi connectivity index (χ0v) is 10.6. The molecular formula is C12H21F3N2O. The Morgan fingerprint density at radius 2 is 1.94 bits per heavy atom. The second-order valence-electron chi connectivity index (χ2n) is 4.81. The molecule has 6 heteroatoms. The van der Waals surface area contributed by atoms with Gasteiger partial charge in [0, 0.05) is 12.5 Å². The fraction of sp³-hybridized carbons (Fsp3) is 0.917. The fourth-order valence-electron chi connectivity index (χ4n) is 2.40. The van der Waals surface area contributed by atoms with Gasteiger partial charge in [-0.15, -0.1) is 0 Å². The van der Waals surface area contributed by atoms with Crippen molar-refractivity contribution in [2.75, 3.05) is 13.6 Å². The number of carbonyl (C=O) groups excluding carboxylic acids is 1. The van der Waals surface area contributed by atoms with Gasteiger partial charge in [-0.1, -0.05) is 12.8 Å². The van der Waals surface area contributed by atoms with Crippen LogP contribution >= 0.6 is 0 Å². The molecule has 3 nitrogen and oxygen atoms in total. The number of rotatable bonds is 5. The van der Waals surface area contributed by atoms with E-state index >= 15 is 0 Å². The van der Waals surface area contributed by atoms with Crippen LogP contribution in [0.1, 0.15) is 38.5 Å². The van der Waals surface area contributed by atoms with Crippen LogP contribution in [0.5, 0.6) is 0 Å². The van der Waals surface area contributed by atoms with Crippen molar-refractivity contribution >= 4 is 5.91 Å². The number of nitrogens with one attached hydrogen (secondary N) is 2. The monoisotopic (exact) mass is 266 g/mol. The van der Waals surface area contributed by atoms with Crippen LogP contribution < -0.4 is 10.6 Å². The van der Waals surface area contributed by atoms with Crippen LogP contribution in [-0.2, 0) is 4.79 Å². The van der Waals surface area contributed by atoms with E-state index in [0.29, 0.717) is 25.8 Å². The molecule has 1 rings (SSSR count). The first-order valence-electron chi connectivity index (χ1n) is 6.46. The third-order valence-electron chi connectivity index (χ3n) is 3.36. The third kappa shape index (κ3) is 4.84. The van der Waals surface area contributed by atoms with Gasteiger partial charge in [0.15, 0.2) is 0 Å². The highest BCUT2D eigenvalue weighted by Crippen LogP contribution is 2.37. The predicted molar refractivity (Wildman–Crippen MR) is 63.1 cm³/mol. The van der Waals surface area contributed by atoms with Crippen LogP contribution in [0.2, 0.25) is 0 Å². The Hall–Kier alpha value is -0.780. The normalized spacial score (nSPS) is 24.9. The standard InChI is InChI=1S/C12H21F3N2O/c1-16-8-4-7-11(18)17-10-6-3-2-5-9(10)12(13,14)15/h9-10,16H,2-8H2,1H3,(H,17,18). The molecule has 1 aliphatic rings. The third-order valence-corrected chi connectivity index (χ3v) is 3.36. The Morgan fingerprint density at radius 3 is 2.56 bits per heavy atom. The maximum Gasteiger partial charge on any atom is 0.393 e. The lowest BCUT2D eigenvalue weighted by Gasteiger charge is -2.33. The van der Waals surface area contributed by atoms with E-state index < -0.39 is 18.1 Å². The first-order valence-corrected chi connectivity index (χ1v) is 6.46. The van der Waals surface area contributed by atoms with Crippen LogP contribution in [0.3, 0.4) is 0 Å². The van der Waals surface area contributed by atoms with Crippen molar-refractivity contribution in [3.8, 4) is 0 Å². The topological polar surface area (TPSA) is 41.1 Å². The molecule has 0 aromatic heterocycles. The summed E-state index contributed by atoms with van der Waals surface area (Å²) in [6.07, 6.45) is -1.37. The SMILES string of the molecule is CNCCCC(=O)NC1CCCCC1C(F)(F)F. The maximum atomic E-state index is 12.8. The Morgan fingerprint density at radius 1 is 1.28 bits per heavy atom. The van der Waals surface area contributed by atoms with Gasteiger partial charge in [-0.05, 0) is 32.9 Å². The summed E-state index contributed by atoms with van der Waals surface area (Å²) in [5, 5.41) is 5.45. The average Bonchev–Trinajstić information content (AvgIpc) is 2.28. The molecule has 1 amide bonds. The highest BCUT2D eigenvalue weighted by molar-refractivity contribution is 5.76. The van der Waals surface area contributed by atoms with Crippen molar-refractivity contribution in [2.24, 2.45) is 5.92 Å². The molecule has 0 aromatic rings. The van der Waals surface area contributed by atoms with Gasteiger partial charge in [0.05, 0.1) is 5.92 Å². The molecule has 0 spiro atoms. The molecule has 2 N–H and O–H groups in total. The summed E-state index contributed by atoms with van der Waals surface area (Å²) >= 11 is 0. The lowest BCUT2D eigenvalue weighted by Crippen LogP contribution is -2.47. The molecule has 18 heavy (non-hydrogen) atoms. The number of carbonyl (C=O) groups is 1. The van der Waals surface area contributed by atoms with E-state index in [2.05, 4.69) is 10.6 Å². The average molecular weight is 266 g/mol. The number of hydrogen-bond donors (Lipinski definition) is 2. The zero-order valence-electron chi connectivity index (χ0n) is 10.6. The van der Waals surface area contributed by atoms with Gasteiger partial charge in [0.1, 0.15) is 0 Å². The van der Waals surface area contributed by atoms with E-state index in [-0.39, 0.29) is 18.7 Å². The van der Waals surface area contributed by atoms with Gasteiger partial charge in [-0.2, -0.15) is 13.2 Å². The zero-order chi connectivity index (χ0) is 13.6. The van der Waals surface area contributed by atoms with E-state index in [1.54, 1.807) is 7.05 Å². The highest BCUT2D eigenvalue weighted by Gasteiger charge is 2.45. The minimum Gasteiger partial charge on any atom is -0.353 e. The molecule has 106 valence electrons. The molecule has 0 aromatic carbocycles. The van der Waals surface area contributed by atoms with E-state index in [9.17, 15) is 18.0 Å². The van der Waals surface area contributed by atoms with Gasteiger partial charge in [0.25, 0.3) is 0 Å².